The summed E-state index contributed by atoms with van der Waals surface area (Å²) in [7, 11) is 0. The number of nitrogen functional groups attached to an aromatic ring is 2. The van der Waals surface area contributed by atoms with E-state index < -0.39 is 0 Å². The molecule has 2 heterocycles. The summed E-state index contributed by atoms with van der Waals surface area (Å²) in [6.45, 7) is 3.59. The SMILES string of the molecule is Cc1cc(C(=O)CSc2nc(N)cc(N)c2C#N)c(C)n1-c1ccccc1F. The smallest absolute Gasteiger partial charge is 0.174 e. The van der Waals surface area contributed by atoms with Gasteiger partial charge in [-0.15, -0.1) is 0 Å². The molecule has 8 heteroatoms. The number of pyridine rings is 1. The molecule has 6 nitrogen and oxygen atoms in total. The van der Waals surface area contributed by atoms with Crippen LogP contribution in [0.1, 0.15) is 27.3 Å². The summed E-state index contributed by atoms with van der Waals surface area (Å²) in [6.07, 6.45) is 0. The van der Waals surface area contributed by atoms with Crippen LogP contribution in [0.15, 0.2) is 41.4 Å². The van der Waals surface area contributed by atoms with E-state index in [9.17, 15) is 14.4 Å². The molecule has 0 aliphatic heterocycles. The van der Waals surface area contributed by atoms with Gasteiger partial charge in [-0.2, -0.15) is 5.26 Å². The molecule has 0 unspecified atom stereocenters. The van der Waals surface area contributed by atoms with E-state index in [-0.39, 0.29) is 34.4 Å². The van der Waals surface area contributed by atoms with Gasteiger partial charge in [-0.05, 0) is 32.0 Å². The Bertz CT molecular complexity index is 1120. The molecule has 142 valence electrons. The van der Waals surface area contributed by atoms with Gasteiger partial charge in [-0.1, -0.05) is 23.9 Å². The quantitative estimate of drug-likeness (QED) is 0.504. The van der Waals surface area contributed by atoms with E-state index >= 15 is 0 Å². The third-order valence-electron chi connectivity index (χ3n) is 4.31. The third kappa shape index (κ3) is 3.57. The summed E-state index contributed by atoms with van der Waals surface area (Å²) < 4.78 is 15.9. The van der Waals surface area contributed by atoms with Crippen molar-refractivity contribution < 1.29 is 9.18 Å². The molecule has 0 aliphatic rings. The lowest BCUT2D eigenvalue weighted by Crippen LogP contribution is -2.07. The van der Waals surface area contributed by atoms with Crippen LogP contribution in [0.2, 0.25) is 0 Å². The summed E-state index contributed by atoms with van der Waals surface area (Å²) in [6, 6.07) is 11.5. The topological polar surface area (TPSA) is 111 Å². The number of hydrogen-bond donors (Lipinski definition) is 2. The van der Waals surface area contributed by atoms with Crippen molar-refractivity contribution in [3.05, 3.63) is 64.7 Å². The number of nitrogens with zero attached hydrogens (tertiary/aromatic N) is 3. The van der Waals surface area contributed by atoms with E-state index in [1.807, 2.05) is 13.0 Å². The molecule has 4 N–H and O–H groups in total. The molecule has 28 heavy (non-hydrogen) atoms. The largest absolute Gasteiger partial charge is 0.397 e. The van der Waals surface area contributed by atoms with Gasteiger partial charge in [0.05, 0.1) is 17.1 Å². The van der Waals surface area contributed by atoms with E-state index in [2.05, 4.69) is 4.98 Å². The normalized spacial score (nSPS) is 10.6. The van der Waals surface area contributed by atoms with Crippen molar-refractivity contribution in [2.24, 2.45) is 0 Å². The molecule has 0 saturated carbocycles. The number of hydrogen-bond acceptors (Lipinski definition) is 6. The zero-order chi connectivity index (χ0) is 20.4. The minimum Gasteiger partial charge on any atom is -0.397 e. The Morgan fingerprint density at radius 3 is 2.68 bits per heavy atom. The zero-order valence-corrected chi connectivity index (χ0v) is 16.2. The minimum atomic E-state index is -0.365. The Labute approximate surface area is 166 Å². The first-order chi connectivity index (χ1) is 13.3. The lowest BCUT2D eigenvalue weighted by atomic mass is 10.2. The lowest BCUT2D eigenvalue weighted by Gasteiger charge is -2.11. The van der Waals surface area contributed by atoms with Gasteiger partial charge in [0.25, 0.3) is 0 Å². The fourth-order valence-corrected chi connectivity index (χ4v) is 3.94. The zero-order valence-electron chi connectivity index (χ0n) is 15.4. The molecule has 3 rings (SSSR count). The number of aryl methyl sites for hydroxylation is 1. The molecule has 0 saturated heterocycles. The Morgan fingerprint density at radius 2 is 2.00 bits per heavy atom. The number of rotatable bonds is 5. The van der Waals surface area contributed by atoms with Crippen molar-refractivity contribution in [1.29, 1.82) is 5.26 Å². The number of halogens is 1. The molecule has 0 bridgehead atoms. The van der Waals surface area contributed by atoms with Gasteiger partial charge < -0.3 is 16.0 Å². The second-order valence-electron chi connectivity index (χ2n) is 6.21. The van der Waals surface area contributed by atoms with E-state index in [4.69, 9.17) is 11.5 Å². The molecule has 0 spiro atoms. The minimum absolute atomic E-state index is 0.0478. The Hall–Kier alpha value is -3.31. The Kier molecular flexibility index (Phi) is 5.38. The second kappa shape index (κ2) is 7.74. The molecule has 0 aliphatic carbocycles. The summed E-state index contributed by atoms with van der Waals surface area (Å²) >= 11 is 1.10. The van der Waals surface area contributed by atoms with Crippen LogP contribution in [-0.2, 0) is 0 Å². The van der Waals surface area contributed by atoms with Crippen LogP contribution in [0.3, 0.4) is 0 Å². The third-order valence-corrected chi connectivity index (χ3v) is 5.29. The number of Topliss-reactive ketones (excluding diaryl/α,β-unsaturated/α-hetero) is 1. The molecular formula is C20H18FN5OS. The molecule has 1 aromatic carbocycles. The number of aromatic nitrogens is 2. The summed E-state index contributed by atoms with van der Waals surface area (Å²) in [4.78, 5) is 16.9. The number of nitriles is 1. The maximum Gasteiger partial charge on any atom is 0.174 e. The Morgan fingerprint density at radius 1 is 1.29 bits per heavy atom. The highest BCUT2D eigenvalue weighted by atomic mass is 32.2. The average molecular weight is 395 g/mol. The first-order valence-corrected chi connectivity index (χ1v) is 9.38. The maximum atomic E-state index is 14.2. The van der Waals surface area contributed by atoms with Crippen LogP contribution in [0.25, 0.3) is 5.69 Å². The van der Waals surface area contributed by atoms with E-state index in [0.29, 0.717) is 22.0 Å². The highest BCUT2D eigenvalue weighted by molar-refractivity contribution is 8.00. The maximum absolute atomic E-state index is 14.2. The Balaban J connectivity index is 1.89. The summed E-state index contributed by atoms with van der Waals surface area (Å²) in [5.74, 6) is -0.293. The summed E-state index contributed by atoms with van der Waals surface area (Å²) in [5, 5.41) is 9.58. The van der Waals surface area contributed by atoms with Crippen molar-refractivity contribution in [1.82, 2.24) is 9.55 Å². The van der Waals surface area contributed by atoms with Crippen LogP contribution in [0.5, 0.6) is 0 Å². The number of carbonyl (C=O) groups is 1. The average Bonchev–Trinajstić information content (AvgIpc) is 2.94. The molecule has 3 aromatic rings. The molecule has 0 fully saturated rings. The van der Waals surface area contributed by atoms with Gasteiger partial charge >= 0.3 is 0 Å². The first-order valence-electron chi connectivity index (χ1n) is 8.39. The predicted molar refractivity (Wildman–Crippen MR) is 108 cm³/mol. The number of anilines is 2. The second-order valence-corrected chi connectivity index (χ2v) is 7.18. The highest BCUT2D eigenvalue weighted by Crippen LogP contribution is 2.28. The van der Waals surface area contributed by atoms with Crippen LogP contribution < -0.4 is 11.5 Å². The predicted octanol–water partition coefficient (Wildman–Crippen LogP) is 3.64. The first kappa shape index (κ1) is 19.5. The van der Waals surface area contributed by atoms with Crippen molar-refractivity contribution in [3.63, 3.8) is 0 Å². The fraction of sp³-hybridized carbons (Fsp3) is 0.150. The van der Waals surface area contributed by atoms with Crippen LogP contribution in [0, 0.1) is 31.0 Å². The van der Waals surface area contributed by atoms with Crippen LogP contribution in [0.4, 0.5) is 15.9 Å². The molecular weight excluding hydrogens is 377 g/mol. The fourth-order valence-electron chi connectivity index (χ4n) is 3.04. The molecule has 0 radical (unpaired) electrons. The van der Waals surface area contributed by atoms with Gasteiger partial charge in [0.2, 0.25) is 0 Å². The van der Waals surface area contributed by atoms with Crippen LogP contribution >= 0.6 is 11.8 Å². The highest BCUT2D eigenvalue weighted by Gasteiger charge is 2.19. The molecule has 0 amide bonds. The van der Waals surface area contributed by atoms with E-state index in [0.717, 1.165) is 17.5 Å². The van der Waals surface area contributed by atoms with Crippen molar-refractivity contribution in [2.45, 2.75) is 18.9 Å². The van der Waals surface area contributed by atoms with Gasteiger partial charge in [-0.3, -0.25) is 4.79 Å². The number of ketones is 1. The number of benzene rings is 1. The monoisotopic (exact) mass is 395 g/mol. The summed E-state index contributed by atoms with van der Waals surface area (Å²) in [5.41, 5.74) is 14.2. The van der Waals surface area contributed by atoms with Crippen molar-refractivity contribution >= 4 is 29.1 Å². The van der Waals surface area contributed by atoms with Crippen LogP contribution in [-0.4, -0.2) is 21.1 Å². The number of nitrogens with two attached hydrogens (primary N) is 2. The number of para-hydroxylation sites is 1. The van der Waals surface area contributed by atoms with E-state index in [1.165, 1.54) is 12.1 Å². The van der Waals surface area contributed by atoms with Gasteiger partial charge in [0, 0.05) is 23.0 Å². The van der Waals surface area contributed by atoms with Gasteiger partial charge in [0.15, 0.2) is 5.78 Å². The van der Waals surface area contributed by atoms with Gasteiger partial charge in [-0.25, -0.2) is 9.37 Å². The van der Waals surface area contributed by atoms with Crippen molar-refractivity contribution in [3.8, 4) is 11.8 Å². The standard InChI is InChI=1S/C20H18FN5OS/c1-11-7-13(12(2)26(11)17-6-4-3-5-15(17)21)18(27)10-28-20-14(9-22)16(23)8-19(24)25-20/h3-8H,10H2,1-2H3,(H4,23,24,25). The lowest BCUT2D eigenvalue weighted by molar-refractivity contribution is 0.102. The number of carbonyl (C=O) groups excluding carboxylic acids is 1. The number of thioether (sulfide) groups is 1. The van der Waals surface area contributed by atoms with Crippen molar-refractivity contribution in [2.75, 3.05) is 17.2 Å². The van der Waals surface area contributed by atoms with Gasteiger partial charge in [0.1, 0.15) is 28.3 Å². The molecule has 2 aromatic heterocycles. The molecule has 0 atom stereocenters. The van der Waals surface area contributed by atoms with E-state index in [1.54, 1.807) is 35.8 Å².